The van der Waals surface area contributed by atoms with Gasteiger partial charge in [0.2, 0.25) is 5.91 Å². The molecule has 2 N–H and O–H groups in total. The fourth-order valence-electron chi connectivity index (χ4n) is 4.08. The molecule has 1 saturated heterocycles. The van der Waals surface area contributed by atoms with Crippen molar-refractivity contribution in [2.24, 2.45) is 0 Å². The number of rotatable bonds is 6. The minimum Gasteiger partial charge on any atom is -0.378 e. The Kier molecular flexibility index (Phi) is 6.68. The summed E-state index contributed by atoms with van der Waals surface area (Å²) in [6, 6.07) is 4.31. The van der Waals surface area contributed by atoms with Crippen molar-refractivity contribution in [3.63, 3.8) is 0 Å². The largest absolute Gasteiger partial charge is 0.378 e. The number of likely N-dealkylation sites (N-methyl/N-ethyl adjacent to an activating group) is 1. The van der Waals surface area contributed by atoms with Crippen LogP contribution in [0.3, 0.4) is 0 Å². The molecule has 2 aliphatic rings. The van der Waals surface area contributed by atoms with Crippen LogP contribution >= 0.6 is 0 Å². The average molecular weight is 404 g/mol. The maximum atomic E-state index is 13.3. The zero-order valence-corrected chi connectivity index (χ0v) is 16.7. The van der Waals surface area contributed by atoms with Crippen molar-refractivity contribution in [1.82, 2.24) is 10.6 Å². The van der Waals surface area contributed by atoms with Gasteiger partial charge in [-0.1, -0.05) is 19.3 Å². The summed E-state index contributed by atoms with van der Waals surface area (Å²) in [7, 11) is 0. The van der Waals surface area contributed by atoms with Crippen LogP contribution in [0.4, 0.5) is 11.4 Å². The highest BCUT2D eigenvalue weighted by Gasteiger charge is 2.41. The van der Waals surface area contributed by atoms with Crippen LogP contribution in [0.5, 0.6) is 0 Å². The van der Waals surface area contributed by atoms with E-state index in [1.165, 1.54) is 12.1 Å². The normalized spacial score (nSPS) is 18.7. The minimum atomic E-state index is -0.974. The number of anilines is 1. The molecule has 2 amide bonds. The van der Waals surface area contributed by atoms with Gasteiger partial charge in [0.05, 0.1) is 29.4 Å². The topological polar surface area (TPSA) is 114 Å². The van der Waals surface area contributed by atoms with Gasteiger partial charge in [-0.3, -0.25) is 19.7 Å². The third kappa shape index (κ3) is 4.67. The second kappa shape index (κ2) is 9.21. The van der Waals surface area contributed by atoms with E-state index in [2.05, 4.69) is 10.6 Å². The van der Waals surface area contributed by atoms with E-state index in [0.29, 0.717) is 51.4 Å². The maximum absolute atomic E-state index is 13.3. The molecule has 0 spiro atoms. The molecule has 1 aromatic rings. The number of benzene rings is 1. The first kappa shape index (κ1) is 21.0. The summed E-state index contributed by atoms with van der Waals surface area (Å²) in [4.78, 5) is 38.8. The quantitative estimate of drug-likeness (QED) is 0.554. The van der Waals surface area contributed by atoms with Crippen LogP contribution in [-0.2, 0) is 9.53 Å². The molecule has 1 aliphatic carbocycles. The highest BCUT2D eigenvalue weighted by molar-refractivity contribution is 6.03. The Balaban J connectivity index is 1.93. The number of ether oxygens (including phenoxy) is 1. The SMILES string of the molecule is CCNC(=O)C1(NC(=O)c2cc([N+](=O)[O-])ccc2N2CCOCC2)CCCCC1. The lowest BCUT2D eigenvalue weighted by Crippen LogP contribution is -2.59. The molecule has 29 heavy (non-hydrogen) atoms. The van der Waals surface area contributed by atoms with Crippen LogP contribution in [-0.4, -0.2) is 55.1 Å². The van der Waals surface area contributed by atoms with Crippen LogP contribution in [0.15, 0.2) is 18.2 Å². The molecular formula is C20H28N4O5. The Morgan fingerprint density at radius 1 is 1.21 bits per heavy atom. The predicted octanol–water partition coefficient (Wildman–Crippen LogP) is 2.00. The van der Waals surface area contributed by atoms with E-state index < -0.39 is 16.4 Å². The maximum Gasteiger partial charge on any atom is 0.270 e. The van der Waals surface area contributed by atoms with Gasteiger partial charge in [-0.2, -0.15) is 0 Å². The molecule has 2 fully saturated rings. The van der Waals surface area contributed by atoms with E-state index >= 15 is 0 Å². The zero-order valence-electron chi connectivity index (χ0n) is 16.7. The van der Waals surface area contributed by atoms with Crippen molar-refractivity contribution in [1.29, 1.82) is 0 Å². The van der Waals surface area contributed by atoms with Gasteiger partial charge >= 0.3 is 0 Å². The molecule has 9 nitrogen and oxygen atoms in total. The Morgan fingerprint density at radius 2 is 1.90 bits per heavy atom. The van der Waals surface area contributed by atoms with Crippen LogP contribution < -0.4 is 15.5 Å². The van der Waals surface area contributed by atoms with Gasteiger partial charge in [0.25, 0.3) is 11.6 Å². The number of nitrogens with one attached hydrogen (secondary N) is 2. The van der Waals surface area contributed by atoms with E-state index in [0.717, 1.165) is 19.3 Å². The molecule has 9 heteroatoms. The number of nitro groups is 1. The number of nitro benzene ring substituents is 1. The number of nitrogens with zero attached hydrogens (tertiary/aromatic N) is 2. The van der Waals surface area contributed by atoms with Crippen molar-refractivity contribution in [3.05, 3.63) is 33.9 Å². The Bertz CT molecular complexity index is 770. The first-order valence-electron chi connectivity index (χ1n) is 10.2. The first-order chi connectivity index (χ1) is 14.0. The number of hydrogen-bond acceptors (Lipinski definition) is 6. The smallest absolute Gasteiger partial charge is 0.270 e. The number of carbonyl (C=O) groups excluding carboxylic acids is 2. The van der Waals surface area contributed by atoms with Crippen molar-refractivity contribution in [2.45, 2.75) is 44.6 Å². The van der Waals surface area contributed by atoms with Gasteiger partial charge in [0.1, 0.15) is 5.54 Å². The van der Waals surface area contributed by atoms with Crippen LogP contribution in [0.25, 0.3) is 0 Å². The Labute approximate surface area is 169 Å². The molecular weight excluding hydrogens is 376 g/mol. The minimum absolute atomic E-state index is 0.150. The molecule has 158 valence electrons. The van der Waals surface area contributed by atoms with E-state index in [9.17, 15) is 19.7 Å². The highest BCUT2D eigenvalue weighted by atomic mass is 16.6. The molecule has 0 unspecified atom stereocenters. The van der Waals surface area contributed by atoms with E-state index in [4.69, 9.17) is 4.74 Å². The van der Waals surface area contributed by atoms with Crippen molar-refractivity contribution < 1.29 is 19.2 Å². The van der Waals surface area contributed by atoms with Gasteiger partial charge in [0, 0.05) is 31.8 Å². The van der Waals surface area contributed by atoms with E-state index in [-0.39, 0.29) is 17.2 Å². The van der Waals surface area contributed by atoms with Gasteiger partial charge in [-0.05, 0) is 25.8 Å². The summed E-state index contributed by atoms with van der Waals surface area (Å²) in [5.74, 6) is -0.644. The van der Waals surface area contributed by atoms with Crippen LogP contribution in [0, 0.1) is 10.1 Å². The third-order valence-corrected chi connectivity index (χ3v) is 5.62. The lowest BCUT2D eigenvalue weighted by molar-refractivity contribution is -0.384. The van der Waals surface area contributed by atoms with E-state index in [1.807, 2.05) is 11.8 Å². The second-order valence-corrected chi connectivity index (χ2v) is 7.51. The molecule has 0 radical (unpaired) electrons. The van der Waals surface area contributed by atoms with Gasteiger partial charge < -0.3 is 20.3 Å². The summed E-state index contributed by atoms with van der Waals surface area (Å²) in [5, 5.41) is 17.1. The molecule has 1 aliphatic heterocycles. The first-order valence-corrected chi connectivity index (χ1v) is 10.2. The Morgan fingerprint density at radius 3 is 2.52 bits per heavy atom. The molecule has 3 rings (SSSR count). The number of carbonyl (C=O) groups is 2. The average Bonchev–Trinajstić information content (AvgIpc) is 2.74. The number of hydrogen-bond donors (Lipinski definition) is 2. The molecule has 0 atom stereocenters. The number of amides is 2. The standard InChI is InChI=1S/C20H28N4O5/c1-2-21-19(26)20(8-4-3-5-9-20)22-18(25)16-14-15(24(27)28)6-7-17(16)23-10-12-29-13-11-23/h6-7,14H,2-5,8-13H2,1H3,(H,21,26)(H,22,25). The van der Waals surface area contributed by atoms with Gasteiger partial charge in [0.15, 0.2) is 0 Å². The van der Waals surface area contributed by atoms with Gasteiger partial charge in [-0.15, -0.1) is 0 Å². The summed E-state index contributed by atoms with van der Waals surface area (Å²) < 4.78 is 5.38. The van der Waals surface area contributed by atoms with Crippen LogP contribution in [0.1, 0.15) is 49.4 Å². The fraction of sp³-hybridized carbons (Fsp3) is 0.600. The fourth-order valence-corrected chi connectivity index (χ4v) is 4.08. The monoisotopic (exact) mass is 404 g/mol. The summed E-state index contributed by atoms with van der Waals surface area (Å²) in [6.07, 6.45) is 3.84. The molecule has 1 heterocycles. The lowest BCUT2D eigenvalue weighted by atomic mass is 9.80. The highest BCUT2D eigenvalue weighted by Crippen LogP contribution is 2.31. The summed E-state index contributed by atoms with van der Waals surface area (Å²) in [6.45, 7) is 4.57. The zero-order chi connectivity index (χ0) is 20.9. The van der Waals surface area contributed by atoms with Crippen molar-refractivity contribution >= 4 is 23.2 Å². The number of morpholine rings is 1. The molecule has 0 aromatic heterocycles. The van der Waals surface area contributed by atoms with Gasteiger partial charge in [-0.25, -0.2) is 0 Å². The Hall–Kier alpha value is -2.68. The third-order valence-electron chi connectivity index (χ3n) is 5.62. The molecule has 1 saturated carbocycles. The lowest BCUT2D eigenvalue weighted by Gasteiger charge is -2.37. The second-order valence-electron chi connectivity index (χ2n) is 7.51. The van der Waals surface area contributed by atoms with Crippen LogP contribution in [0.2, 0.25) is 0 Å². The van der Waals surface area contributed by atoms with Crippen molar-refractivity contribution in [3.8, 4) is 0 Å². The number of non-ortho nitro benzene ring substituents is 1. The summed E-state index contributed by atoms with van der Waals surface area (Å²) in [5.41, 5.74) is -0.283. The predicted molar refractivity (Wildman–Crippen MR) is 108 cm³/mol. The summed E-state index contributed by atoms with van der Waals surface area (Å²) >= 11 is 0. The molecule has 0 bridgehead atoms. The van der Waals surface area contributed by atoms with Crippen molar-refractivity contribution in [2.75, 3.05) is 37.7 Å². The van der Waals surface area contributed by atoms with E-state index in [1.54, 1.807) is 6.07 Å². The molecule has 1 aromatic carbocycles.